The van der Waals surface area contributed by atoms with Gasteiger partial charge in [0.1, 0.15) is 16.7 Å². The molecule has 8 nitrogen and oxygen atoms in total. The molecule has 8 atom stereocenters. The Bertz CT molecular complexity index is 1590. The summed E-state index contributed by atoms with van der Waals surface area (Å²) in [5.41, 5.74) is 4.07. The topological polar surface area (TPSA) is 74.3 Å². The summed E-state index contributed by atoms with van der Waals surface area (Å²) in [5, 5.41) is 0.669. The lowest BCUT2D eigenvalue weighted by molar-refractivity contribution is -0.0519. The van der Waals surface area contributed by atoms with Crippen molar-refractivity contribution in [2.75, 3.05) is 70.5 Å². The predicted molar refractivity (Wildman–Crippen MR) is 201 cm³/mol. The normalized spacial score (nSPS) is 35.5. The first-order valence-electron chi connectivity index (χ1n) is 19.3. The van der Waals surface area contributed by atoms with Gasteiger partial charge < -0.3 is 19.3 Å². The Morgan fingerprint density at radius 2 is 1.92 bits per heavy atom. The van der Waals surface area contributed by atoms with Gasteiger partial charge in [0.15, 0.2) is 0 Å². The first-order chi connectivity index (χ1) is 24.3. The molecular weight excluding hydrogens is 668 g/mol. The van der Waals surface area contributed by atoms with Crippen molar-refractivity contribution in [3.63, 3.8) is 0 Å². The number of amides is 1. The molecule has 6 aliphatic rings. The highest BCUT2D eigenvalue weighted by molar-refractivity contribution is 7.84. The SMILES string of the molecule is CC1CCC[C@@H](CN2CCN3CCOCC3C2)C2CCC2CN2C[C@@]3(CCCc4cc(Cl)ccc43)COc3ccc(cc32)C(=O)NS(=O)C1C. The average molecular weight is 723 g/mol. The second-order valence-electron chi connectivity index (χ2n) is 16.4. The van der Waals surface area contributed by atoms with Crippen molar-refractivity contribution < 1.29 is 18.5 Å². The summed E-state index contributed by atoms with van der Waals surface area (Å²) < 4.78 is 29.0. The van der Waals surface area contributed by atoms with E-state index in [1.165, 1.54) is 30.4 Å². The second kappa shape index (κ2) is 14.7. The van der Waals surface area contributed by atoms with Gasteiger partial charge >= 0.3 is 0 Å². The molecule has 2 aliphatic carbocycles. The molecule has 4 aliphatic heterocycles. The molecule has 4 heterocycles. The predicted octanol–water partition coefficient (Wildman–Crippen LogP) is 6.07. The molecule has 1 N–H and O–H groups in total. The van der Waals surface area contributed by atoms with Crippen LogP contribution in [-0.4, -0.2) is 96.8 Å². The molecule has 1 saturated carbocycles. The first-order valence-corrected chi connectivity index (χ1v) is 20.9. The largest absolute Gasteiger partial charge is 0.490 e. The summed E-state index contributed by atoms with van der Waals surface area (Å²) >= 11 is 6.51. The molecule has 0 aromatic heterocycles. The van der Waals surface area contributed by atoms with Crippen molar-refractivity contribution in [1.29, 1.82) is 0 Å². The summed E-state index contributed by atoms with van der Waals surface area (Å²) in [6.07, 6.45) is 9.06. The van der Waals surface area contributed by atoms with Gasteiger partial charge in [-0.3, -0.25) is 14.4 Å². The van der Waals surface area contributed by atoms with Gasteiger partial charge in [0.2, 0.25) is 0 Å². The van der Waals surface area contributed by atoms with Crippen LogP contribution >= 0.6 is 11.6 Å². The number of piperazine rings is 1. The zero-order valence-electron chi connectivity index (χ0n) is 29.9. The highest BCUT2D eigenvalue weighted by atomic mass is 35.5. The maximum Gasteiger partial charge on any atom is 0.263 e. The molecule has 3 fully saturated rings. The number of nitrogens with zero attached hydrogens (tertiary/aromatic N) is 3. The van der Waals surface area contributed by atoms with Gasteiger partial charge in [-0.15, -0.1) is 0 Å². The fourth-order valence-electron chi connectivity index (χ4n) is 10.1. The zero-order valence-corrected chi connectivity index (χ0v) is 31.5. The Labute approximate surface area is 306 Å². The lowest BCUT2D eigenvalue weighted by Gasteiger charge is -2.49. The minimum atomic E-state index is -1.47. The number of morpholine rings is 1. The standard InChI is InChI=1S/C40H55ClN4O4S/c1-27-5-3-6-31(21-43-15-16-44-17-18-48-24-34(44)23-43)35-11-8-32(35)22-45-25-40(14-4-7-29-19-33(41)10-12-36(29)40)26-49-38-13-9-30(20-37(38)45)39(46)42-50(47)28(27)2/h9-10,12-13,19-20,27-28,31-32,34-35H,3-8,11,14-18,21-26H2,1-2H3,(H,42,46)/t27?,28?,31-,32?,34?,35?,40-,50?/m0/s1. The molecular formula is C40H55ClN4O4S. The van der Waals surface area contributed by atoms with Gasteiger partial charge in [-0.05, 0) is 117 Å². The number of ether oxygens (including phenoxy) is 2. The number of aryl methyl sites for hydroxylation is 1. The second-order valence-corrected chi connectivity index (χ2v) is 18.4. The third kappa shape index (κ3) is 6.99. The summed E-state index contributed by atoms with van der Waals surface area (Å²) in [7, 11) is -1.47. The van der Waals surface area contributed by atoms with E-state index in [1.807, 2.05) is 31.2 Å². The van der Waals surface area contributed by atoms with E-state index in [2.05, 4.69) is 38.5 Å². The fraction of sp³-hybridized carbons (Fsp3) is 0.675. The number of hydrogen-bond acceptors (Lipinski definition) is 7. The van der Waals surface area contributed by atoms with Crippen molar-refractivity contribution in [3.05, 3.63) is 58.1 Å². The molecule has 6 unspecified atom stereocenters. The van der Waals surface area contributed by atoms with Gasteiger partial charge in [-0.25, -0.2) is 4.21 Å². The number of benzene rings is 2. The van der Waals surface area contributed by atoms with Crippen LogP contribution in [0.2, 0.25) is 5.02 Å². The van der Waals surface area contributed by atoms with E-state index in [-0.39, 0.29) is 22.5 Å². The number of hydrogen-bond donors (Lipinski definition) is 1. The van der Waals surface area contributed by atoms with E-state index in [0.717, 1.165) is 108 Å². The van der Waals surface area contributed by atoms with Gasteiger partial charge in [-0.1, -0.05) is 31.0 Å². The molecule has 10 heteroatoms. The number of halogens is 1. The average Bonchev–Trinajstić information content (AvgIpc) is 3.25. The quantitative estimate of drug-likeness (QED) is 0.404. The number of carbonyl (C=O) groups is 1. The Balaban J connectivity index is 1.12. The molecule has 2 saturated heterocycles. The van der Waals surface area contributed by atoms with Crippen LogP contribution in [0.25, 0.3) is 0 Å². The number of rotatable bonds is 2. The molecule has 1 amide bonds. The number of nitrogens with one attached hydrogen (secondary N) is 1. The van der Waals surface area contributed by atoms with Crippen LogP contribution in [0.3, 0.4) is 0 Å². The van der Waals surface area contributed by atoms with E-state index in [4.69, 9.17) is 21.1 Å². The minimum Gasteiger partial charge on any atom is -0.490 e. The monoisotopic (exact) mass is 722 g/mol. The van der Waals surface area contributed by atoms with Crippen molar-refractivity contribution in [2.45, 2.75) is 81.9 Å². The van der Waals surface area contributed by atoms with Crippen molar-refractivity contribution in [1.82, 2.24) is 14.5 Å². The third-order valence-electron chi connectivity index (χ3n) is 13.4. The molecule has 272 valence electrons. The van der Waals surface area contributed by atoms with Gasteiger partial charge in [0.25, 0.3) is 5.91 Å². The van der Waals surface area contributed by atoms with Crippen LogP contribution in [0.4, 0.5) is 5.69 Å². The first kappa shape index (κ1) is 34.9. The van der Waals surface area contributed by atoms with E-state index >= 15 is 0 Å². The maximum atomic E-state index is 13.6. The van der Waals surface area contributed by atoms with Crippen LogP contribution in [0.5, 0.6) is 5.75 Å². The molecule has 2 aromatic rings. The van der Waals surface area contributed by atoms with Crippen molar-refractivity contribution in [2.24, 2.45) is 23.7 Å². The molecule has 0 radical (unpaired) electrons. The Morgan fingerprint density at radius 1 is 1.02 bits per heavy atom. The van der Waals surface area contributed by atoms with E-state index in [9.17, 15) is 9.00 Å². The van der Waals surface area contributed by atoms with Crippen molar-refractivity contribution in [3.8, 4) is 5.75 Å². The molecule has 50 heavy (non-hydrogen) atoms. The highest BCUT2D eigenvalue weighted by Gasteiger charge is 2.45. The molecule has 2 bridgehead atoms. The lowest BCUT2D eigenvalue weighted by Crippen LogP contribution is -2.59. The minimum absolute atomic E-state index is 0.124. The number of anilines is 1. The summed E-state index contributed by atoms with van der Waals surface area (Å²) in [4.78, 5) is 21.5. The van der Waals surface area contributed by atoms with Crippen LogP contribution in [-0.2, 0) is 27.6 Å². The van der Waals surface area contributed by atoms with Gasteiger partial charge in [-0.2, -0.15) is 0 Å². The van der Waals surface area contributed by atoms with Crippen LogP contribution in [0.1, 0.15) is 80.3 Å². The fourth-order valence-corrected chi connectivity index (χ4v) is 11.4. The summed E-state index contributed by atoms with van der Waals surface area (Å²) in [6.45, 7) is 13.9. The van der Waals surface area contributed by atoms with Crippen LogP contribution < -0.4 is 14.4 Å². The number of carbonyl (C=O) groups excluding carboxylic acids is 1. The molecule has 8 rings (SSSR count). The van der Waals surface area contributed by atoms with E-state index in [1.54, 1.807) is 0 Å². The maximum absolute atomic E-state index is 13.6. The van der Waals surface area contributed by atoms with Crippen molar-refractivity contribution >= 4 is 34.2 Å². The van der Waals surface area contributed by atoms with Gasteiger partial charge in [0.05, 0.1) is 30.8 Å². The summed E-state index contributed by atoms with van der Waals surface area (Å²) in [6, 6.07) is 12.8. The van der Waals surface area contributed by atoms with Crippen LogP contribution in [0, 0.1) is 23.7 Å². The van der Waals surface area contributed by atoms with Gasteiger partial charge in [0, 0.05) is 67.9 Å². The molecule has 2 aromatic carbocycles. The van der Waals surface area contributed by atoms with E-state index in [0.29, 0.717) is 36.0 Å². The number of fused-ring (bicyclic) bond motifs is 5. The van der Waals surface area contributed by atoms with E-state index < -0.39 is 11.0 Å². The Morgan fingerprint density at radius 3 is 2.78 bits per heavy atom. The highest BCUT2D eigenvalue weighted by Crippen LogP contribution is 2.48. The van der Waals surface area contributed by atoms with Crippen LogP contribution in [0.15, 0.2) is 36.4 Å². The Hall–Kier alpha value is -2.17. The smallest absolute Gasteiger partial charge is 0.263 e. The summed E-state index contributed by atoms with van der Waals surface area (Å²) in [5.74, 6) is 2.70. The third-order valence-corrected chi connectivity index (χ3v) is 15.2. The molecule has 1 spiro atoms. The lowest BCUT2D eigenvalue weighted by atomic mass is 9.65. The zero-order chi connectivity index (χ0) is 34.4. The Kier molecular flexibility index (Phi) is 10.3.